The molecule has 0 rings (SSSR count). The number of nitrogens with two attached hydrogens (primary N) is 4. The molecule has 0 saturated carbocycles. The number of unbranched alkanes of at least 4 members (excludes halogenated alkanes) is 1. The molecule has 10 heteroatoms. The van der Waals surface area contributed by atoms with E-state index in [9.17, 15) is 9.13 Å². The third-order valence-electron chi connectivity index (χ3n) is 2.48. The Hall–Kier alpha value is -0.620. The van der Waals surface area contributed by atoms with Crippen LogP contribution >= 0.6 is 15.2 Å². The van der Waals surface area contributed by atoms with E-state index in [0.717, 1.165) is 24.2 Å². The van der Waals surface area contributed by atoms with Crippen molar-refractivity contribution in [3.8, 4) is 0 Å². The van der Waals surface area contributed by atoms with E-state index >= 15 is 0 Å². The first-order valence-electron chi connectivity index (χ1n) is 6.28. The van der Waals surface area contributed by atoms with Gasteiger partial charge in [-0.15, -0.1) is 0 Å². The van der Waals surface area contributed by atoms with Crippen molar-refractivity contribution in [2.45, 2.75) is 39.5 Å². The minimum atomic E-state index is -3.25. The Morgan fingerprint density at radius 3 is 1.35 bits per heavy atom. The Labute approximate surface area is 120 Å². The Kier molecular flexibility index (Phi) is 8.35. The molecule has 0 aromatic carbocycles. The molecule has 0 aliphatic heterocycles. The van der Waals surface area contributed by atoms with E-state index < -0.39 is 15.2 Å². The van der Waals surface area contributed by atoms with Gasteiger partial charge in [0.05, 0.1) is 0 Å². The van der Waals surface area contributed by atoms with Crippen LogP contribution in [0.15, 0.2) is 23.5 Å². The lowest BCUT2D eigenvalue weighted by molar-refractivity contribution is 0.566. The van der Waals surface area contributed by atoms with E-state index in [-0.39, 0.29) is 0 Å². The van der Waals surface area contributed by atoms with Gasteiger partial charge < -0.3 is 10.2 Å². The van der Waals surface area contributed by atoms with E-state index in [1.54, 1.807) is 12.2 Å². The molecule has 0 spiro atoms. The van der Waals surface area contributed by atoms with Crippen molar-refractivity contribution in [2.75, 3.05) is 0 Å². The van der Waals surface area contributed by atoms with Crippen LogP contribution in [0.3, 0.4) is 0 Å². The van der Waals surface area contributed by atoms with Crippen molar-refractivity contribution in [1.82, 2.24) is 10.2 Å². The normalized spacial score (nSPS) is 14.3. The van der Waals surface area contributed by atoms with Gasteiger partial charge in [0, 0.05) is 11.4 Å². The average Bonchev–Trinajstić information content (AvgIpc) is 2.28. The van der Waals surface area contributed by atoms with Gasteiger partial charge in [0.25, 0.3) is 15.2 Å². The van der Waals surface area contributed by atoms with E-state index in [4.69, 9.17) is 22.0 Å². The van der Waals surface area contributed by atoms with Crippen molar-refractivity contribution in [2.24, 2.45) is 22.0 Å². The third-order valence-corrected chi connectivity index (χ3v) is 3.75. The largest absolute Gasteiger partial charge is 0.317 e. The molecular formula is C10H26N6O2P2. The van der Waals surface area contributed by atoms with Crippen LogP contribution in [0.25, 0.3) is 0 Å². The molecule has 0 aromatic rings. The maximum Gasteiger partial charge on any atom is 0.297 e. The van der Waals surface area contributed by atoms with Crippen molar-refractivity contribution in [1.29, 1.82) is 0 Å². The second-order valence-corrected chi connectivity index (χ2v) is 7.76. The van der Waals surface area contributed by atoms with Crippen LogP contribution in [-0.4, -0.2) is 0 Å². The highest BCUT2D eigenvalue weighted by Crippen LogP contribution is 2.24. The molecule has 0 unspecified atom stereocenters. The molecule has 0 fully saturated rings. The highest BCUT2D eigenvalue weighted by Gasteiger charge is 2.10. The first-order valence-corrected chi connectivity index (χ1v) is 9.97. The minimum Gasteiger partial charge on any atom is -0.317 e. The number of rotatable bonds is 9. The summed E-state index contributed by atoms with van der Waals surface area (Å²) in [4.78, 5) is 0. The zero-order valence-corrected chi connectivity index (χ0v) is 13.8. The lowest BCUT2D eigenvalue weighted by atomic mass is 10.1. The predicted molar refractivity (Wildman–Crippen MR) is 84.2 cm³/mol. The maximum atomic E-state index is 11.3. The fourth-order valence-electron chi connectivity index (χ4n) is 1.61. The third kappa shape index (κ3) is 11.2. The Morgan fingerprint density at radius 2 is 1.15 bits per heavy atom. The summed E-state index contributed by atoms with van der Waals surface area (Å²) in [6.07, 6.45) is 6.57. The molecule has 20 heavy (non-hydrogen) atoms. The zero-order chi connectivity index (χ0) is 15.8. The predicted octanol–water partition coefficient (Wildman–Crippen LogP) is 1.58. The number of nitrogens with one attached hydrogen (secondary N) is 2. The molecule has 0 radical (unpaired) electrons. The summed E-state index contributed by atoms with van der Waals surface area (Å²) in [5.41, 5.74) is 22.5. The highest BCUT2D eigenvalue weighted by atomic mass is 31.2. The summed E-state index contributed by atoms with van der Waals surface area (Å²) in [6.45, 7) is 3.63. The lowest BCUT2D eigenvalue weighted by Gasteiger charge is -2.15. The molecule has 0 aromatic heterocycles. The zero-order valence-electron chi connectivity index (χ0n) is 12.0. The lowest BCUT2D eigenvalue weighted by Crippen LogP contribution is -2.22. The minimum absolute atomic E-state index is 0.675. The molecule has 118 valence electrons. The van der Waals surface area contributed by atoms with Crippen LogP contribution in [0.5, 0.6) is 0 Å². The van der Waals surface area contributed by atoms with E-state index in [1.165, 1.54) is 0 Å². The molecular weight excluding hydrogens is 298 g/mol. The van der Waals surface area contributed by atoms with E-state index in [2.05, 4.69) is 10.2 Å². The smallest absolute Gasteiger partial charge is 0.297 e. The molecule has 0 amide bonds. The first-order chi connectivity index (χ1) is 9.07. The molecule has 0 aliphatic carbocycles. The molecule has 0 heterocycles. The van der Waals surface area contributed by atoms with Crippen molar-refractivity contribution in [3.05, 3.63) is 23.5 Å². The second kappa shape index (κ2) is 8.62. The average molecular weight is 324 g/mol. The van der Waals surface area contributed by atoms with Crippen LogP contribution in [0.2, 0.25) is 0 Å². The van der Waals surface area contributed by atoms with Crippen LogP contribution in [-0.2, 0) is 9.13 Å². The van der Waals surface area contributed by atoms with Crippen molar-refractivity contribution in [3.63, 3.8) is 0 Å². The number of hydrogen-bond acceptors (Lipinski definition) is 2. The second-order valence-electron chi connectivity index (χ2n) is 4.48. The summed E-state index contributed by atoms with van der Waals surface area (Å²) in [5, 5.41) is 5.21. The van der Waals surface area contributed by atoms with Crippen LogP contribution in [0.1, 0.15) is 39.5 Å². The SMILES string of the molecule is C/C=C(\CCCC/C(=C\C)NP(N)(N)=O)NP(N)(N)=O. The van der Waals surface area contributed by atoms with Crippen LogP contribution in [0, 0.1) is 0 Å². The van der Waals surface area contributed by atoms with Crippen molar-refractivity contribution >= 4 is 15.2 Å². The van der Waals surface area contributed by atoms with Gasteiger partial charge in [0.2, 0.25) is 0 Å². The molecule has 0 atom stereocenters. The van der Waals surface area contributed by atoms with Gasteiger partial charge in [0.1, 0.15) is 0 Å². The monoisotopic (exact) mass is 324 g/mol. The summed E-state index contributed by atoms with van der Waals surface area (Å²) in [5.74, 6) is 0. The maximum absolute atomic E-state index is 11.3. The number of allylic oxidation sites excluding steroid dienone is 4. The summed E-state index contributed by atoms with van der Waals surface area (Å²) >= 11 is 0. The van der Waals surface area contributed by atoms with Gasteiger partial charge in [-0.25, -0.2) is 0 Å². The summed E-state index contributed by atoms with van der Waals surface area (Å²) in [6, 6.07) is 0. The molecule has 0 aliphatic rings. The fourth-order valence-corrected chi connectivity index (χ4v) is 2.99. The fraction of sp³-hybridized carbons (Fsp3) is 0.600. The molecule has 10 N–H and O–H groups in total. The molecule has 0 saturated heterocycles. The summed E-state index contributed by atoms with van der Waals surface area (Å²) < 4.78 is 22.5. The van der Waals surface area contributed by atoms with Crippen LogP contribution < -0.4 is 32.2 Å². The van der Waals surface area contributed by atoms with Crippen molar-refractivity contribution < 1.29 is 9.13 Å². The first kappa shape index (κ1) is 19.4. The van der Waals surface area contributed by atoms with Gasteiger partial charge in [-0.2, -0.15) is 0 Å². The van der Waals surface area contributed by atoms with Gasteiger partial charge in [-0.05, 0) is 39.5 Å². The van der Waals surface area contributed by atoms with Gasteiger partial charge in [-0.3, -0.25) is 31.1 Å². The van der Waals surface area contributed by atoms with E-state index in [1.807, 2.05) is 13.8 Å². The Morgan fingerprint density at radius 1 is 0.850 bits per heavy atom. The van der Waals surface area contributed by atoms with Gasteiger partial charge in [0.15, 0.2) is 0 Å². The van der Waals surface area contributed by atoms with Crippen LogP contribution in [0.4, 0.5) is 0 Å². The summed E-state index contributed by atoms with van der Waals surface area (Å²) in [7, 11) is -6.50. The van der Waals surface area contributed by atoms with Gasteiger partial charge in [-0.1, -0.05) is 12.2 Å². The highest BCUT2D eigenvalue weighted by molar-refractivity contribution is 7.57. The molecule has 8 nitrogen and oxygen atoms in total. The van der Waals surface area contributed by atoms with E-state index in [0.29, 0.717) is 12.8 Å². The topological polar surface area (TPSA) is 162 Å². The van der Waals surface area contributed by atoms with Gasteiger partial charge >= 0.3 is 0 Å². The quantitative estimate of drug-likeness (QED) is 0.275. The Balaban J connectivity index is 4.13. The Bertz CT molecular complexity index is 409. The molecule has 0 bridgehead atoms. The number of hydrogen-bond donors (Lipinski definition) is 6. The standard InChI is InChI=1S/C10H26N6O2P2/c1-3-9(15-19(11,12)17)7-5-6-8-10(4-2)16-20(13,14)18/h3-4H,5-8H2,1-2H3,(H5,11,12,15,17)(H5,13,14,16,18)/b9-3+,10-4+.